The second kappa shape index (κ2) is 6.56. The number of carbonyl (C=O) groups is 1. The maximum atomic E-state index is 11.9. The molecule has 3 nitrogen and oxygen atoms in total. The van der Waals surface area contributed by atoms with Gasteiger partial charge in [0, 0.05) is 21.2 Å². The third-order valence-electron chi connectivity index (χ3n) is 1.97. The summed E-state index contributed by atoms with van der Waals surface area (Å²) in [5.74, 6) is -0.0880. The van der Waals surface area contributed by atoms with Crippen LogP contribution in [-0.4, -0.2) is 25.7 Å². The van der Waals surface area contributed by atoms with Gasteiger partial charge in [0.15, 0.2) is 0 Å². The minimum absolute atomic E-state index is 0.00210. The molecule has 1 unspecified atom stereocenters. The van der Waals surface area contributed by atoms with Gasteiger partial charge in [-0.15, -0.1) is 0 Å². The molecule has 0 aliphatic carbocycles. The number of rotatable bonds is 4. The van der Waals surface area contributed by atoms with Crippen LogP contribution < -0.4 is 5.32 Å². The van der Waals surface area contributed by atoms with Gasteiger partial charge in [0.05, 0.1) is 12.2 Å². The number of halogens is 2. The fraction of sp³-hybridized carbons (Fsp3) is 0.364. The third-order valence-corrected chi connectivity index (χ3v) is 3.33. The first-order chi connectivity index (χ1) is 7.54. The summed E-state index contributed by atoms with van der Waals surface area (Å²) in [6.45, 7) is 2.41. The molecule has 5 heteroatoms. The van der Waals surface area contributed by atoms with Crippen molar-refractivity contribution in [1.82, 2.24) is 5.32 Å². The Morgan fingerprint density at radius 3 is 2.94 bits per heavy atom. The Morgan fingerprint density at radius 1 is 1.62 bits per heavy atom. The topological polar surface area (TPSA) is 38.3 Å². The minimum atomic E-state index is -0.0880. The first-order valence-corrected chi connectivity index (χ1v) is 6.66. The van der Waals surface area contributed by atoms with E-state index in [0.717, 1.165) is 8.04 Å². The lowest BCUT2D eigenvalue weighted by molar-refractivity contribution is 0.0904. The maximum Gasteiger partial charge on any atom is 0.252 e. The standard InChI is InChI=1S/C11H13BrINO2/c1-7(6-16-2)14-11(15)9-5-8(13)3-4-10(9)12/h3-5,7H,6H2,1-2H3,(H,14,15). The highest BCUT2D eigenvalue weighted by Crippen LogP contribution is 2.19. The summed E-state index contributed by atoms with van der Waals surface area (Å²) in [5, 5.41) is 2.87. The molecule has 1 atom stereocenters. The van der Waals surface area contributed by atoms with E-state index < -0.39 is 0 Å². The first-order valence-electron chi connectivity index (χ1n) is 4.79. The second-order valence-corrected chi connectivity index (χ2v) is 5.55. The Hall–Kier alpha value is -0.140. The quantitative estimate of drug-likeness (QED) is 0.793. The number of benzene rings is 1. The van der Waals surface area contributed by atoms with E-state index in [-0.39, 0.29) is 11.9 Å². The van der Waals surface area contributed by atoms with E-state index in [1.54, 1.807) is 7.11 Å². The zero-order valence-electron chi connectivity index (χ0n) is 9.09. The summed E-state index contributed by atoms with van der Waals surface area (Å²) in [6.07, 6.45) is 0. The van der Waals surface area contributed by atoms with Crippen molar-refractivity contribution in [3.63, 3.8) is 0 Å². The van der Waals surface area contributed by atoms with Crippen LogP contribution in [0.15, 0.2) is 22.7 Å². The van der Waals surface area contributed by atoms with Crippen molar-refractivity contribution in [1.29, 1.82) is 0 Å². The molecule has 88 valence electrons. The fourth-order valence-electron chi connectivity index (χ4n) is 1.26. The summed E-state index contributed by atoms with van der Waals surface area (Å²) < 4.78 is 6.80. The van der Waals surface area contributed by atoms with Gasteiger partial charge in [-0.05, 0) is 63.6 Å². The van der Waals surface area contributed by atoms with Crippen molar-refractivity contribution < 1.29 is 9.53 Å². The van der Waals surface area contributed by atoms with Gasteiger partial charge in [0.2, 0.25) is 0 Å². The zero-order valence-corrected chi connectivity index (χ0v) is 12.8. The average molecular weight is 398 g/mol. The maximum absolute atomic E-state index is 11.9. The van der Waals surface area contributed by atoms with Crippen LogP contribution in [0.2, 0.25) is 0 Å². The van der Waals surface area contributed by atoms with Gasteiger partial charge in [0.1, 0.15) is 0 Å². The molecule has 0 bridgehead atoms. The summed E-state index contributed by atoms with van der Waals surface area (Å²) in [7, 11) is 1.62. The van der Waals surface area contributed by atoms with Gasteiger partial charge >= 0.3 is 0 Å². The van der Waals surface area contributed by atoms with E-state index >= 15 is 0 Å². The molecule has 16 heavy (non-hydrogen) atoms. The summed E-state index contributed by atoms with van der Waals surface area (Å²) in [6, 6.07) is 5.67. The van der Waals surface area contributed by atoms with Crippen LogP contribution >= 0.6 is 38.5 Å². The van der Waals surface area contributed by atoms with Crippen molar-refractivity contribution in [3.8, 4) is 0 Å². The summed E-state index contributed by atoms with van der Waals surface area (Å²) in [5.41, 5.74) is 0.648. The lowest BCUT2D eigenvalue weighted by Crippen LogP contribution is -2.35. The number of hydrogen-bond donors (Lipinski definition) is 1. The van der Waals surface area contributed by atoms with Crippen molar-refractivity contribution >= 4 is 44.4 Å². The van der Waals surface area contributed by atoms with Crippen LogP contribution in [-0.2, 0) is 4.74 Å². The van der Waals surface area contributed by atoms with Gasteiger partial charge in [-0.25, -0.2) is 0 Å². The predicted octanol–water partition coefficient (Wildman–Crippen LogP) is 2.82. The van der Waals surface area contributed by atoms with Crippen LogP contribution in [0.25, 0.3) is 0 Å². The molecule has 0 saturated heterocycles. The molecule has 1 N–H and O–H groups in total. The highest BCUT2D eigenvalue weighted by atomic mass is 127. The van der Waals surface area contributed by atoms with Crippen molar-refractivity contribution in [2.75, 3.05) is 13.7 Å². The monoisotopic (exact) mass is 397 g/mol. The van der Waals surface area contributed by atoms with Crippen LogP contribution in [0.3, 0.4) is 0 Å². The number of amides is 1. The molecule has 0 spiro atoms. The highest BCUT2D eigenvalue weighted by molar-refractivity contribution is 14.1. The van der Waals surface area contributed by atoms with Gasteiger partial charge in [0.25, 0.3) is 5.91 Å². The van der Waals surface area contributed by atoms with Gasteiger partial charge in [-0.1, -0.05) is 0 Å². The van der Waals surface area contributed by atoms with E-state index in [4.69, 9.17) is 4.74 Å². The van der Waals surface area contributed by atoms with Crippen LogP contribution in [0, 0.1) is 3.57 Å². The third kappa shape index (κ3) is 4.03. The molecule has 1 rings (SSSR count). The van der Waals surface area contributed by atoms with Crippen molar-refractivity contribution in [2.45, 2.75) is 13.0 Å². The molecule has 1 aromatic carbocycles. The van der Waals surface area contributed by atoms with E-state index in [2.05, 4.69) is 43.8 Å². The molecular formula is C11H13BrINO2. The molecule has 0 fully saturated rings. The van der Waals surface area contributed by atoms with E-state index in [1.807, 2.05) is 25.1 Å². The van der Waals surface area contributed by atoms with E-state index in [1.165, 1.54) is 0 Å². The number of ether oxygens (including phenoxy) is 1. The molecule has 0 saturated carbocycles. The summed E-state index contributed by atoms with van der Waals surface area (Å²) >= 11 is 5.54. The Labute approximate surface area is 117 Å². The highest BCUT2D eigenvalue weighted by Gasteiger charge is 2.12. The SMILES string of the molecule is COCC(C)NC(=O)c1cc(I)ccc1Br. The smallest absolute Gasteiger partial charge is 0.252 e. The normalized spacial score (nSPS) is 12.2. The molecule has 0 aromatic heterocycles. The number of nitrogens with one attached hydrogen (secondary N) is 1. The van der Waals surface area contributed by atoms with Crippen molar-refractivity contribution in [3.05, 3.63) is 31.8 Å². The number of carbonyl (C=O) groups excluding carboxylic acids is 1. The molecule has 0 heterocycles. The fourth-order valence-corrected chi connectivity index (χ4v) is 2.18. The molecule has 0 aliphatic heterocycles. The molecule has 0 radical (unpaired) electrons. The average Bonchev–Trinajstić information content (AvgIpc) is 2.21. The summed E-state index contributed by atoms with van der Waals surface area (Å²) in [4.78, 5) is 11.9. The van der Waals surface area contributed by atoms with Crippen LogP contribution in [0.4, 0.5) is 0 Å². The molecular weight excluding hydrogens is 385 g/mol. The van der Waals surface area contributed by atoms with Crippen molar-refractivity contribution in [2.24, 2.45) is 0 Å². The number of hydrogen-bond acceptors (Lipinski definition) is 2. The zero-order chi connectivity index (χ0) is 12.1. The number of methoxy groups -OCH3 is 1. The molecule has 1 aromatic rings. The van der Waals surface area contributed by atoms with E-state index in [0.29, 0.717) is 12.2 Å². The predicted molar refractivity (Wildman–Crippen MR) is 75.7 cm³/mol. The van der Waals surface area contributed by atoms with Crippen LogP contribution in [0.1, 0.15) is 17.3 Å². The second-order valence-electron chi connectivity index (χ2n) is 3.45. The Bertz CT molecular complexity index is 384. The lowest BCUT2D eigenvalue weighted by atomic mass is 10.2. The van der Waals surface area contributed by atoms with E-state index in [9.17, 15) is 4.79 Å². The lowest BCUT2D eigenvalue weighted by Gasteiger charge is -2.13. The van der Waals surface area contributed by atoms with Gasteiger partial charge in [-0.2, -0.15) is 0 Å². The Balaban J connectivity index is 2.76. The Morgan fingerprint density at radius 2 is 2.31 bits per heavy atom. The van der Waals surface area contributed by atoms with Crippen LogP contribution in [0.5, 0.6) is 0 Å². The minimum Gasteiger partial charge on any atom is -0.383 e. The Kier molecular flexibility index (Phi) is 5.71. The molecule has 1 amide bonds. The van der Waals surface area contributed by atoms with Gasteiger partial charge in [-0.3, -0.25) is 4.79 Å². The first kappa shape index (κ1) is 13.9. The largest absolute Gasteiger partial charge is 0.383 e. The van der Waals surface area contributed by atoms with Gasteiger partial charge < -0.3 is 10.1 Å². The molecule has 0 aliphatic rings.